The van der Waals surface area contributed by atoms with Crippen molar-refractivity contribution in [2.24, 2.45) is 5.41 Å². The summed E-state index contributed by atoms with van der Waals surface area (Å²) in [5, 5.41) is 7.45. The Bertz CT molecular complexity index is 378. The predicted molar refractivity (Wildman–Crippen MR) is 68.3 cm³/mol. The summed E-state index contributed by atoms with van der Waals surface area (Å²) < 4.78 is 10.9. The molecule has 0 aromatic carbocycles. The molecule has 1 fully saturated rings. The van der Waals surface area contributed by atoms with Gasteiger partial charge in [-0.3, -0.25) is 0 Å². The summed E-state index contributed by atoms with van der Waals surface area (Å²) in [7, 11) is 1.69. The van der Waals surface area contributed by atoms with E-state index in [1.165, 1.54) is 0 Å². The largest absolute Gasteiger partial charge is 0.373 e. The number of aromatic nitrogens is 2. The molecule has 0 aliphatic carbocycles. The standard InChI is InChI=1S/C13H23N3O2/c1-13(2,3)10(17-4)11-15-12(18-16-11)9-6-5-7-14-8-9/h9-10,14H,5-8H2,1-4H3/t9-,10?/m0/s1. The Kier molecular flexibility index (Phi) is 4.02. The summed E-state index contributed by atoms with van der Waals surface area (Å²) in [6, 6.07) is 0. The van der Waals surface area contributed by atoms with Gasteiger partial charge in [0.2, 0.25) is 11.7 Å². The third kappa shape index (κ3) is 2.90. The highest BCUT2D eigenvalue weighted by molar-refractivity contribution is 5.01. The average molecular weight is 253 g/mol. The van der Waals surface area contributed by atoms with Crippen LogP contribution in [0, 0.1) is 5.41 Å². The number of hydrogen-bond donors (Lipinski definition) is 1. The number of hydrogen-bond acceptors (Lipinski definition) is 5. The van der Waals surface area contributed by atoms with Crippen LogP contribution in [-0.4, -0.2) is 30.3 Å². The van der Waals surface area contributed by atoms with Crippen LogP contribution in [0.2, 0.25) is 0 Å². The zero-order chi connectivity index (χ0) is 13.2. The minimum Gasteiger partial charge on any atom is -0.373 e. The monoisotopic (exact) mass is 253 g/mol. The van der Waals surface area contributed by atoms with Gasteiger partial charge in [0, 0.05) is 13.7 Å². The normalized spacial score (nSPS) is 23.0. The summed E-state index contributed by atoms with van der Waals surface area (Å²) in [5.41, 5.74) is -0.0410. The van der Waals surface area contributed by atoms with Gasteiger partial charge >= 0.3 is 0 Å². The van der Waals surface area contributed by atoms with Gasteiger partial charge in [0.05, 0.1) is 5.92 Å². The van der Waals surface area contributed by atoms with Gasteiger partial charge in [-0.15, -0.1) is 0 Å². The van der Waals surface area contributed by atoms with Crippen LogP contribution >= 0.6 is 0 Å². The Hall–Kier alpha value is -0.940. The molecule has 1 saturated heterocycles. The Balaban J connectivity index is 2.13. The maximum absolute atomic E-state index is 5.50. The van der Waals surface area contributed by atoms with E-state index in [1.807, 2.05) is 0 Å². The molecule has 0 saturated carbocycles. The number of nitrogens with zero attached hydrogens (tertiary/aromatic N) is 2. The molecule has 18 heavy (non-hydrogen) atoms. The van der Waals surface area contributed by atoms with E-state index in [2.05, 4.69) is 36.2 Å². The number of methoxy groups -OCH3 is 1. The molecule has 0 amide bonds. The molecule has 5 nitrogen and oxygen atoms in total. The van der Waals surface area contributed by atoms with E-state index in [-0.39, 0.29) is 11.5 Å². The topological polar surface area (TPSA) is 60.2 Å². The highest BCUT2D eigenvalue weighted by atomic mass is 16.5. The Morgan fingerprint density at radius 1 is 1.44 bits per heavy atom. The van der Waals surface area contributed by atoms with Crippen LogP contribution in [0.1, 0.15) is 57.3 Å². The average Bonchev–Trinajstić information content (AvgIpc) is 2.78. The minimum absolute atomic E-state index is 0.0410. The van der Waals surface area contributed by atoms with E-state index in [9.17, 15) is 0 Å². The molecule has 0 radical (unpaired) electrons. The molecule has 2 atom stereocenters. The zero-order valence-corrected chi connectivity index (χ0v) is 11.7. The van der Waals surface area contributed by atoms with Crippen molar-refractivity contribution in [2.75, 3.05) is 20.2 Å². The van der Waals surface area contributed by atoms with Gasteiger partial charge in [0.15, 0.2) is 0 Å². The third-order valence-corrected chi connectivity index (χ3v) is 3.36. The van der Waals surface area contributed by atoms with E-state index >= 15 is 0 Å². The molecule has 1 aromatic heterocycles. The van der Waals surface area contributed by atoms with Crippen molar-refractivity contribution in [3.8, 4) is 0 Å². The van der Waals surface area contributed by atoms with Gasteiger partial charge in [-0.2, -0.15) is 4.98 Å². The van der Waals surface area contributed by atoms with E-state index < -0.39 is 0 Å². The third-order valence-electron chi connectivity index (χ3n) is 3.36. The Morgan fingerprint density at radius 3 is 2.78 bits per heavy atom. The van der Waals surface area contributed by atoms with Crippen molar-refractivity contribution >= 4 is 0 Å². The first-order valence-electron chi connectivity index (χ1n) is 6.59. The van der Waals surface area contributed by atoms with Crippen LogP contribution < -0.4 is 5.32 Å². The second kappa shape index (κ2) is 5.36. The lowest BCUT2D eigenvalue weighted by Gasteiger charge is -2.26. The molecule has 1 N–H and O–H groups in total. The number of ether oxygens (including phenoxy) is 1. The number of piperidine rings is 1. The maximum Gasteiger partial charge on any atom is 0.231 e. The maximum atomic E-state index is 5.50. The molecule has 1 aromatic rings. The predicted octanol–water partition coefficient (Wildman–Crippen LogP) is 2.27. The summed E-state index contributed by atoms with van der Waals surface area (Å²) in [4.78, 5) is 4.53. The Morgan fingerprint density at radius 2 is 2.22 bits per heavy atom. The number of nitrogens with one attached hydrogen (secondary N) is 1. The fraction of sp³-hybridized carbons (Fsp3) is 0.846. The fourth-order valence-electron chi connectivity index (χ4n) is 2.43. The minimum atomic E-state index is -0.133. The molecular weight excluding hydrogens is 230 g/mol. The lowest BCUT2D eigenvalue weighted by atomic mass is 9.88. The molecular formula is C13H23N3O2. The van der Waals surface area contributed by atoms with Crippen LogP contribution in [0.4, 0.5) is 0 Å². The first kappa shape index (κ1) is 13.5. The first-order chi connectivity index (χ1) is 8.52. The van der Waals surface area contributed by atoms with Crippen molar-refractivity contribution in [1.82, 2.24) is 15.5 Å². The molecule has 0 bridgehead atoms. The van der Waals surface area contributed by atoms with Gasteiger partial charge < -0.3 is 14.6 Å². The summed E-state index contributed by atoms with van der Waals surface area (Å²) in [5.74, 6) is 1.74. The summed E-state index contributed by atoms with van der Waals surface area (Å²) >= 11 is 0. The molecule has 1 aliphatic rings. The van der Waals surface area contributed by atoms with Crippen molar-refractivity contribution < 1.29 is 9.26 Å². The van der Waals surface area contributed by atoms with E-state index in [0.717, 1.165) is 31.8 Å². The van der Waals surface area contributed by atoms with Crippen LogP contribution in [0.15, 0.2) is 4.52 Å². The van der Waals surface area contributed by atoms with E-state index in [1.54, 1.807) is 7.11 Å². The second-order valence-corrected chi connectivity index (χ2v) is 6.02. The molecule has 0 spiro atoms. The SMILES string of the molecule is COC(c1noc([C@H]2CCCNC2)n1)C(C)(C)C. The van der Waals surface area contributed by atoms with Crippen molar-refractivity contribution in [2.45, 2.75) is 45.6 Å². The van der Waals surface area contributed by atoms with Gasteiger partial charge in [-0.05, 0) is 24.8 Å². The van der Waals surface area contributed by atoms with Gasteiger partial charge in [-0.1, -0.05) is 25.9 Å². The second-order valence-electron chi connectivity index (χ2n) is 6.02. The van der Waals surface area contributed by atoms with Gasteiger partial charge in [0.1, 0.15) is 6.10 Å². The lowest BCUT2D eigenvalue weighted by molar-refractivity contribution is 0.00718. The Labute approximate surface area is 108 Å². The highest BCUT2D eigenvalue weighted by Gasteiger charge is 2.31. The first-order valence-corrected chi connectivity index (χ1v) is 6.59. The molecule has 102 valence electrons. The van der Waals surface area contributed by atoms with Crippen molar-refractivity contribution in [1.29, 1.82) is 0 Å². The summed E-state index contributed by atoms with van der Waals surface area (Å²) in [6.07, 6.45) is 2.14. The van der Waals surface area contributed by atoms with Crippen LogP contribution in [0.3, 0.4) is 0 Å². The van der Waals surface area contributed by atoms with Gasteiger partial charge in [-0.25, -0.2) is 0 Å². The molecule has 5 heteroatoms. The molecule has 1 unspecified atom stereocenters. The van der Waals surface area contributed by atoms with Crippen molar-refractivity contribution in [3.63, 3.8) is 0 Å². The summed E-state index contributed by atoms with van der Waals surface area (Å²) in [6.45, 7) is 8.34. The zero-order valence-electron chi connectivity index (χ0n) is 11.7. The quantitative estimate of drug-likeness (QED) is 0.895. The smallest absolute Gasteiger partial charge is 0.231 e. The molecule has 1 aliphatic heterocycles. The van der Waals surface area contributed by atoms with E-state index in [0.29, 0.717) is 11.7 Å². The van der Waals surface area contributed by atoms with Crippen LogP contribution in [-0.2, 0) is 4.74 Å². The van der Waals surface area contributed by atoms with Gasteiger partial charge in [0.25, 0.3) is 0 Å². The molecule has 2 heterocycles. The van der Waals surface area contributed by atoms with E-state index in [4.69, 9.17) is 9.26 Å². The molecule has 2 rings (SSSR count). The van der Waals surface area contributed by atoms with Crippen LogP contribution in [0.5, 0.6) is 0 Å². The lowest BCUT2D eigenvalue weighted by Crippen LogP contribution is -2.28. The number of rotatable bonds is 3. The fourth-order valence-corrected chi connectivity index (χ4v) is 2.43. The van der Waals surface area contributed by atoms with Crippen molar-refractivity contribution in [3.05, 3.63) is 11.7 Å². The van der Waals surface area contributed by atoms with Crippen LogP contribution in [0.25, 0.3) is 0 Å². The highest BCUT2D eigenvalue weighted by Crippen LogP contribution is 2.34.